The average Bonchev–Trinajstić information content (AvgIpc) is 2.71. The fourth-order valence-corrected chi connectivity index (χ4v) is 3.26. The molecule has 0 fully saturated rings. The highest BCUT2D eigenvalue weighted by Gasteiger charge is 2.07. The number of hydrogen-bond donors (Lipinski definition) is 2. The van der Waals surface area contributed by atoms with Gasteiger partial charge in [-0.15, -0.1) is 11.8 Å². The molecule has 0 saturated heterocycles. The van der Waals surface area contributed by atoms with Crippen molar-refractivity contribution < 1.29 is 9.59 Å². The molecule has 2 amide bonds. The van der Waals surface area contributed by atoms with Gasteiger partial charge in [-0.05, 0) is 42.3 Å². The summed E-state index contributed by atoms with van der Waals surface area (Å²) < 4.78 is 0. The Labute approximate surface area is 169 Å². The first-order valence-electron chi connectivity index (χ1n) is 9.00. The minimum absolute atomic E-state index is 0.117. The van der Waals surface area contributed by atoms with Crippen LogP contribution in [0.5, 0.6) is 0 Å². The lowest BCUT2D eigenvalue weighted by Crippen LogP contribution is -2.18. The molecule has 0 atom stereocenters. The summed E-state index contributed by atoms with van der Waals surface area (Å²) in [6.45, 7) is 2.00. The summed E-state index contributed by atoms with van der Waals surface area (Å²) in [6.07, 6.45) is 0. The van der Waals surface area contributed by atoms with Gasteiger partial charge in [0.15, 0.2) is 0 Å². The Balaban J connectivity index is 1.41. The van der Waals surface area contributed by atoms with Crippen molar-refractivity contribution in [2.75, 3.05) is 22.1 Å². The molecule has 0 heterocycles. The molecule has 142 valence electrons. The minimum atomic E-state index is -0.124. The normalized spacial score (nSPS) is 10.3. The molecule has 0 radical (unpaired) electrons. The average molecular weight is 391 g/mol. The largest absolute Gasteiger partial charge is 0.325 e. The zero-order valence-electron chi connectivity index (χ0n) is 15.6. The number of carbonyl (C=O) groups excluding carboxylic acids is 2. The van der Waals surface area contributed by atoms with Gasteiger partial charge in [0.05, 0.1) is 11.5 Å². The molecule has 3 rings (SSSR count). The van der Waals surface area contributed by atoms with E-state index in [1.807, 2.05) is 85.8 Å². The first-order valence-corrected chi connectivity index (χ1v) is 10.2. The number of aryl methyl sites for hydroxylation is 1. The second-order valence-electron chi connectivity index (χ2n) is 6.40. The van der Waals surface area contributed by atoms with E-state index in [1.165, 1.54) is 11.8 Å². The lowest BCUT2D eigenvalue weighted by molar-refractivity contribution is -0.114. The van der Waals surface area contributed by atoms with Gasteiger partial charge >= 0.3 is 0 Å². The standard InChI is InChI=1S/C23H22N2O2S/c1-17-7-11-20(12-8-17)24-22(26)15-28-16-23(27)25-21-13-9-19(10-14-21)18-5-3-2-4-6-18/h2-14H,15-16H2,1H3,(H,24,26)(H,25,27). The van der Waals surface area contributed by atoms with E-state index >= 15 is 0 Å². The minimum Gasteiger partial charge on any atom is -0.325 e. The number of amides is 2. The molecule has 3 aromatic rings. The SMILES string of the molecule is Cc1ccc(NC(=O)CSCC(=O)Nc2ccc(-c3ccccc3)cc2)cc1. The predicted molar refractivity (Wildman–Crippen MR) is 118 cm³/mol. The van der Waals surface area contributed by atoms with Crippen LogP contribution in [0.4, 0.5) is 11.4 Å². The summed E-state index contributed by atoms with van der Waals surface area (Å²) in [5.41, 5.74) is 4.88. The van der Waals surface area contributed by atoms with Gasteiger partial charge in [-0.1, -0.05) is 60.2 Å². The predicted octanol–water partition coefficient (Wildman–Crippen LogP) is 4.97. The Morgan fingerprint density at radius 1 is 0.679 bits per heavy atom. The number of carbonyl (C=O) groups is 2. The Kier molecular flexibility index (Phi) is 6.87. The third-order valence-electron chi connectivity index (χ3n) is 4.08. The molecule has 0 saturated carbocycles. The van der Waals surface area contributed by atoms with E-state index in [4.69, 9.17) is 0 Å². The summed E-state index contributed by atoms with van der Waals surface area (Å²) in [7, 11) is 0. The van der Waals surface area contributed by atoms with Crippen LogP contribution in [-0.2, 0) is 9.59 Å². The summed E-state index contributed by atoms with van der Waals surface area (Å²) in [6, 6.07) is 25.4. The van der Waals surface area contributed by atoms with Gasteiger partial charge in [-0.25, -0.2) is 0 Å². The fourth-order valence-electron chi connectivity index (χ4n) is 2.64. The molecule has 0 bridgehead atoms. The van der Waals surface area contributed by atoms with Crippen LogP contribution < -0.4 is 10.6 Å². The van der Waals surface area contributed by atoms with Crippen LogP contribution in [0.1, 0.15) is 5.56 Å². The molecule has 0 aliphatic rings. The van der Waals surface area contributed by atoms with Gasteiger partial charge in [0, 0.05) is 11.4 Å². The van der Waals surface area contributed by atoms with E-state index < -0.39 is 0 Å². The third-order valence-corrected chi connectivity index (χ3v) is 5.01. The van der Waals surface area contributed by atoms with E-state index in [9.17, 15) is 9.59 Å². The van der Waals surface area contributed by atoms with Gasteiger partial charge in [0.2, 0.25) is 11.8 Å². The van der Waals surface area contributed by atoms with Gasteiger partial charge in [0.25, 0.3) is 0 Å². The zero-order chi connectivity index (χ0) is 19.8. The van der Waals surface area contributed by atoms with Crippen molar-refractivity contribution in [1.82, 2.24) is 0 Å². The number of hydrogen-bond acceptors (Lipinski definition) is 3. The van der Waals surface area contributed by atoms with Crippen molar-refractivity contribution in [2.45, 2.75) is 6.92 Å². The van der Waals surface area contributed by atoms with E-state index in [-0.39, 0.29) is 23.3 Å². The van der Waals surface area contributed by atoms with Crippen LogP contribution in [0.2, 0.25) is 0 Å². The quantitative estimate of drug-likeness (QED) is 0.599. The van der Waals surface area contributed by atoms with Crippen molar-refractivity contribution >= 4 is 35.0 Å². The highest BCUT2D eigenvalue weighted by molar-refractivity contribution is 8.00. The fraction of sp³-hybridized carbons (Fsp3) is 0.130. The highest BCUT2D eigenvalue weighted by Crippen LogP contribution is 2.21. The molecule has 2 N–H and O–H groups in total. The van der Waals surface area contributed by atoms with Crippen LogP contribution >= 0.6 is 11.8 Å². The maximum absolute atomic E-state index is 12.1. The molecule has 3 aromatic carbocycles. The topological polar surface area (TPSA) is 58.2 Å². The van der Waals surface area contributed by atoms with E-state index in [0.29, 0.717) is 0 Å². The first-order chi connectivity index (χ1) is 13.6. The van der Waals surface area contributed by atoms with Crippen molar-refractivity contribution in [3.05, 3.63) is 84.4 Å². The molecule has 0 aromatic heterocycles. The number of rotatable bonds is 7. The molecular weight excluding hydrogens is 368 g/mol. The van der Waals surface area contributed by atoms with Crippen molar-refractivity contribution in [3.63, 3.8) is 0 Å². The van der Waals surface area contributed by atoms with Crippen molar-refractivity contribution in [1.29, 1.82) is 0 Å². The van der Waals surface area contributed by atoms with E-state index in [1.54, 1.807) is 0 Å². The second-order valence-corrected chi connectivity index (χ2v) is 7.38. The smallest absolute Gasteiger partial charge is 0.234 e. The maximum atomic E-state index is 12.1. The van der Waals surface area contributed by atoms with Crippen LogP contribution in [0.15, 0.2) is 78.9 Å². The van der Waals surface area contributed by atoms with Crippen LogP contribution in [-0.4, -0.2) is 23.3 Å². The molecule has 0 unspecified atom stereocenters. The monoisotopic (exact) mass is 390 g/mol. The highest BCUT2D eigenvalue weighted by atomic mass is 32.2. The number of benzene rings is 3. The van der Waals surface area contributed by atoms with Crippen LogP contribution in [0.25, 0.3) is 11.1 Å². The second kappa shape index (κ2) is 9.76. The summed E-state index contributed by atoms with van der Waals surface area (Å²) in [5, 5.41) is 5.68. The molecule has 28 heavy (non-hydrogen) atoms. The molecule has 0 spiro atoms. The first kappa shape index (κ1) is 19.7. The molecular formula is C23H22N2O2S. The maximum Gasteiger partial charge on any atom is 0.234 e. The van der Waals surface area contributed by atoms with Gasteiger partial charge in [-0.3, -0.25) is 9.59 Å². The molecule has 0 aliphatic heterocycles. The van der Waals surface area contributed by atoms with Crippen molar-refractivity contribution in [2.24, 2.45) is 0 Å². The zero-order valence-corrected chi connectivity index (χ0v) is 16.5. The van der Waals surface area contributed by atoms with Gasteiger partial charge in [0.1, 0.15) is 0 Å². The van der Waals surface area contributed by atoms with Gasteiger partial charge < -0.3 is 10.6 Å². The Morgan fingerprint density at radius 3 is 1.68 bits per heavy atom. The molecule has 0 aliphatic carbocycles. The summed E-state index contributed by atoms with van der Waals surface area (Å²) in [4.78, 5) is 24.0. The van der Waals surface area contributed by atoms with Crippen LogP contribution in [0.3, 0.4) is 0 Å². The lowest BCUT2D eigenvalue weighted by atomic mass is 10.1. The number of anilines is 2. The summed E-state index contributed by atoms with van der Waals surface area (Å²) >= 11 is 1.29. The molecule has 5 heteroatoms. The summed E-state index contributed by atoms with van der Waals surface area (Å²) in [5.74, 6) is 0.213. The Hall–Kier alpha value is -3.05. The number of nitrogens with one attached hydrogen (secondary N) is 2. The lowest BCUT2D eigenvalue weighted by Gasteiger charge is -2.08. The van der Waals surface area contributed by atoms with E-state index in [2.05, 4.69) is 10.6 Å². The van der Waals surface area contributed by atoms with E-state index in [0.717, 1.165) is 28.1 Å². The number of thioether (sulfide) groups is 1. The Bertz CT molecular complexity index is 923. The van der Waals surface area contributed by atoms with Crippen molar-refractivity contribution in [3.8, 4) is 11.1 Å². The van der Waals surface area contributed by atoms with Gasteiger partial charge in [-0.2, -0.15) is 0 Å². The Morgan fingerprint density at radius 2 is 1.14 bits per heavy atom. The van der Waals surface area contributed by atoms with Crippen LogP contribution in [0, 0.1) is 6.92 Å². The third kappa shape index (κ3) is 5.99. The molecule has 4 nitrogen and oxygen atoms in total.